The number of carbonyl (C=O) groups excluding carboxylic acids is 1. The number of nitrogens with one attached hydrogen (secondary N) is 1. The number of halogens is 1. The van der Waals surface area contributed by atoms with E-state index in [0.29, 0.717) is 37.4 Å². The molecule has 1 saturated heterocycles. The Morgan fingerprint density at radius 1 is 1.19 bits per heavy atom. The number of ether oxygens (including phenoxy) is 2. The van der Waals surface area contributed by atoms with Gasteiger partial charge in [0.15, 0.2) is 11.5 Å². The van der Waals surface area contributed by atoms with Crippen LogP contribution < -0.4 is 20.5 Å². The Morgan fingerprint density at radius 2 is 1.74 bits per heavy atom. The van der Waals surface area contributed by atoms with Gasteiger partial charge in [-0.15, -0.1) is 12.4 Å². The highest BCUT2D eigenvalue weighted by Crippen LogP contribution is 2.31. The number of methoxy groups -OCH3 is 2. The predicted molar refractivity (Wildman–Crippen MR) is 105 cm³/mol. The maximum absolute atomic E-state index is 12.9. The molecule has 27 heavy (non-hydrogen) atoms. The predicted octanol–water partition coefficient (Wildman–Crippen LogP) is 1.13. The zero-order chi connectivity index (χ0) is 19.5. The zero-order valence-corrected chi connectivity index (χ0v) is 17.7. The number of sulfonamides is 1. The second kappa shape index (κ2) is 9.09. The summed E-state index contributed by atoms with van der Waals surface area (Å²) in [5.41, 5.74) is 4.82. The van der Waals surface area contributed by atoms with Crippen LogP contribution in [0.5, 0.6) is 11.5 Å². The lowest BCUT2D eigenvalue weighted by molar-refractivity contribution is -0.126. The molecule has 1 fully saturated rings. The van der Waals surface area contributed by atoms with E-state index in [1.165, 1.54) is 30.7 Å². The number of piperidine rings is 1. The van der Waals surface area contributed by atoms with Crippen molar-refractivity contribution in [3.8, 4) is 11.5 Å². The fourth-order valence-corrected chi connectivity index (χ4v) is 4.22. The second-order valence-electron chi connectivity index (χ2n) is 6.89. The molecule has 0 radical (unpaired) electrons. The Kier molecular flexibility index (Phi) is 7.91. The number of nitrogens with zero attached hydrogens (tertiary/aromatic N) is 1. The van der Waals surface area contributed by atoms with E-state index in [-0.39, 0.29) is 29.3 Å². The topological polar surface area (TPSA) is 111 Å². The lowest BCUT2D eigenvalue weighted by atomic mass is 10.0. The summed E-state index contributed by atoms with van der Waals surface area (Å²) in [7, 11) is -0.686. The van der Waals surface area contributed by atoms with Crippen molar-refractivity contribution in [1.82, 2.24) is 9.62 Å². The van der Waals surface area contributed by atoms with E-state index in [9.17, 15) is 13.2 Å². The Bertz CT molecular complexity index is 756. The summed E-state index contributed by atoms with van der Waals surface area (Å²) in [6, 6.07) is 4.45. The number of amides is 1. The average Bonchev–Trinajstić information content (AvgIpc) is 2.60. The highest BCUT2D eigenvalue weighted by Gasteiger charge is 2.32. The number of hydrogen-bond acceptors (Lipinski definition) is 6. The van der Waals surface area contributed by atoms with E-state index < -0.39 is 15.6 Å². The van der Waals surface area contributed by atoms with Crippen LogP contribution in [-0.4, -0.2) is 57.5 Å². The maximum Gasteiger partial charge on any atom is 0.243 e. The van der Waals surface area contributed by atoms with Gasteiger partial charge in [0.05, 0.1) is 24.7 Å². The van der Waals surface area contributed by atoms with Crippen LogP contribution in [0.2, 0.25) is 0 Å². The minimum Gasteiger partial charge on any atom is -0.493 e. The summed E-state index contributed by atoms with van der Waals surface area (Å²) in [5.74, 6) is 0.594. The van der Waals surface area contributed by atoms with E-state index in [1.54, 1.807) is 19.9 Å². The molecule has 10 heteroatoms. The first-order valence-electron chi connectivity index (χ1n) is 8.41. The Labute approximate surface area is 166 Å². The van der Waals surface area contributed by atoms with Gasteiger partial charge in [0, 0.05) is 25.2 Å². The lowest BCUT2D eigenvalue weighted by Gasteiger charge is -2.33. The average molecular weight is 422 g/mol. The van der Waals surface area contributed by atoms with Crippen LogP contribution >= 0.6 is 12.4 Å². The molecule has 1 aromatic carbocycles. The summed E-state index contributed by atoms with van der Waals surface area (Å²) in [4.78, 5) is 12.1. The normalized spacial score (nSPS) is 16.3. The van der Waals surface area contributed by atoms with Crippen LogP contribution in [0.25, 0.3) is 0 Å². The van der Waals surface area contributed by atoms with Gasteiger partial charge in [-0.2, -0.15) is 4.31 Å². The molecule has 0 aliphatic carbocycles. The van der Waals surface area contributed by atoms with Gasteiger partial charge in [0.2, 0.25) is 15.9 Å². The zero-order valence-electron chi connectivity index (χ0n) is 16.0. The summed E-state index contributed by atoms with van der Waals surface area (Å²) in [5, 5.41) is 2.88. The van der Waals surface area contributed by atoms with E-state index in [1.807, 2.05) is 0 Å². The lowest BCUT2D eigenvalue weighted by Crippen LogP contribution is -2.54. The van der Waals surface area contributed by atoms with Gasteiger partial charge in [0.1, 0.15) is 0 Å². The molecule has 1 aliphatic heterocycles. The molecule has 3 N–H and O–H groups in total. The smallest absolute Gasteiger partial charge is 0.243 e. The number of hydrogen-bond donors (Lipinski definition) is 2. The van der Waals surface area contributed by atoms with Gasteiger partial charge in [-0.1, -0.05) is 0 Å². The third-order valence-electron chi connectivity index (χ3n) is 4.37. The first kappa shape index (κ1) is 23.5. The molecule has 1 aromatic rings. The third kappa shape index (κ3) is 5.47. The molecule has 0 unspecified atom stereocenters. The van der Waals surface area contributed by atoms with Gasteiger partial charge >= 0.3 is 0 Å². The fraction of sp³-hybridized carbons (Fsp3) is 0.588. The van der Waals surface area contributed by atoms with Gasteiger partial charge in [-0.3, -0.25) is 4.79 Å². The molecule has 2 rings (SSSR count). The van der Waals surface area contributed by atoms with Crippen LogP contribution in [0.4, 0.5) is 0 Å². The van der Waals surface area contributed by atoms with Crippen molar-refractivity contribution in [1.29, 1.82) is 0 Å². The van der Waals surface area contributed by atoms with E-state index in [0.717, 1.165) is 0 Å². The molecular formula is C17H28ClN3O5S. The van der Waals surface area contributed by atoms with Gasteiger partial charge in [0.25, 0.3) is 0 Å². The Balaban J connectivity index is 0.00000364. The Hall–Kier alpha value is -1.55. The van der Waals surface area contributed by atoms with E-state index >= 15 is 0 Å². The summed E-state index contributed by atoms with van der Waals surface area (Å²) in [6.07, 6.45) is 1.07. The van der Waals surface area contributed by atoms with Crippen LogP contribution in [0.1, 0.15) is 26.7 Å². The van der Waals surface area contributed by atoms with Crippen molar-refractivity contribution >= 4 is 28.3 Å². The third-order valence-corrected chi connectivity index (χ3v) is 6.26. The standard InChI is InChI=1S/C17H27N3O5S.ClH/c1-17(2,18)16(21)19-12-7-9-20(10-8-12)26(22,23)13-5-6-14(24-3)15(11-13)25-4;/h5-6,11-12H,7-10,18H2,1-4H3,(H,19,21);1H. The number of carbonyl (C=O) groups is 1. The van der Waals surface area contributed by atoms with E-state index in [4.69, 9.17) is 15.2 Å². The molecule has 8 nitrogen and oxygen atoms in total. The molecule has 1 aliphatic rings. The molecule has 154 valence electrons. The van der Waals surface area contributed by atoms with Crippen LogP contribution in [0, 0.1) is 0 Å². The van der Waals surface area contributed by atoms with Crippen molar-refractivity contribution in [3.05, 3.63) is 18.2 Å². The van der Waals surface area contributed by atoms with E-state index in [2.05, 4.69) is 5.32 Å². The number of benzene rings is 1. The minimum atomic E-state index is -3.64. The van der Waals surface area contributed by atoms with Crippen molar-refractivity contribution in [3.63, 3.8) is 0 Å². The molecule has 0 bridgehead atoms. The van der Waals surface area contributed by atoms with Crippen LogP contribution in [-0.2, 0) is 14.8 Å². The number of rotatable bonds is 6. The molecule has 0 aromatic heterocycles. The first-order chi connectivity index (χ1) is 12.1. The van der Waals surface area contributed by atoms with Crippen molar-refractivity contribution in [2.75, 3.05) is 27.3 Å². The SMILES string of the molecule is COc1ccc(S(=O)(=O)N2CCC(NC(=O)C(C)(C)N)CC2)cc1OC.Cl. The monoisotopic (exact) mass is 421 g/mol. The second-order valence-corrected chi connectivity index (χ2v) is 8.83. The largest absolute Gasteiger partial charge is 0.493 e. The highest BCUT2D eigenvalue weighted by molar-refractivity contribution is 7.89. The maximum atomic E-state index is 12.9. The first-order valence-corrected chi connectivity index (χ1v) is 9.85. The summed E-state index contributed by atoms with van der Waals surface area (Å²) >= 11 is 0. The molecular weight excluding hydrogens is 394 g/mol. The minimum absolute atomic E-state index is 0. The highest BCUT2D eigenvalue weighted by atomic mass is 35.5. The Morgan fingerprint density at radius 3 is 2.22 bits per heavy atom. The van der Waals surface area contributed by atoms with Gasteiger partial charge in [-0.25, -0.2) is 8.42 Å². The van der Waals surface area contributed by atoms with Gasteiger partial charge < -0.3 is 20.5 Å². The van der Waals surface area contributed by atoms with Crippen molar-refractivity contribution < 1.29 is 22.7 Å². The quantitative estimate of drug-likeness (QED) is 0.712. The number of nitrogens with two attached hydrogens (primary N) is 1. The summed E-state index contributed by atoms with van der Waals surface area (Å²) in [6.45, 7) is 3.93. The molecule has 1 heterocycles. The molecule has 0 spiro atoms. The van der Waals surface area contributed by atoms with Gasteiger partial charge in [-0.05, 0) is 38.8 Å². The fourth-order valence-electron chi connectivity index (χ4n) is 2.74. The molecule has 0 saturated carbocycles. The summed E-state index contributed by atoms with van der Waals surface area (Å²) < 4.78 is 37.5. The van der Waals surface area contributed by atoms with Crippen molar-refractivity contribution in [2.45, 2.75) is 43.2 Å². The molecule has 0 atom stereocenters. The van der Waals surface area contributed by atoms with Crippen molar-refractivity contribution in [2.24, 2.45) is 5.73 Å². The molecule has 1 amide bonds. The van der Waals surface area contributed by atoms with Crippen LogP contribution in [0.3, 0.4) is 0 Å². The van der Waals surface area contributed by atoms with Crippen LogP contribution in [0.15, 0.2) is 23.1 Å².